The van der Waals surface area contributed by atoms with Crippen molar-refractivity contribution in [2.24, 2.45) is 5.73 Å². The first-order chi connectivity index (χ1) is 13.5. The molecule has 5 N–H and O–H groups in total. The zero-order chi connectivity index (χ0) is 21.9. The zero-order valence-corrected chi connectivity index (χ0v) is 16.9. The zero-order valence-electron chi connectivity index (χ0n) is 16.9. The second-order valence-electron chi connectivity index (χ2n) is 7.53. The predicted octanol–water partition coefficient (Wildman–Crippen LogP) is -0.0896. The topological polar surface area (TPSA) is 164 Å². The molecule has 0 atom stereocenters. The van der Waals surface area contributed by atoms with Gasteiger partial charge in [0, 0.05) is 19.6 Å². The van der Waals surface area contributed by atoms with Crippen molar-refractivity contribution < 1.29 is 14.7 Å². The third-order valence-corrected chi connectivity index (χ3v) is 5.11. The molecule has 160 valence electrons. The van der Waals surface area contributed by atoms with Gasteiger partial charge in [-0.05, 0) is 33.1 Å². The van der Waals surface area contributed by atoms with Crippen LogP contribution in [0.25, 0.3) is 0 Å². The molecule has 0 saturated carbocycles. The molecule has 1 aromatic heterocycles. The molecule has 1 aromatic rings. The number of carbonyl (C=O) groups excluding carboxylic acids is 2. The number of carbonyl (C=O) groups is 2. The number of nitrogens with one attached hydrogen (secondary N) is 2. The van der Waals surface area contributed by atoms with Gasteiger partial charge in [0.05, 0.1) is 0 Å². The average Bonchev–Trinajstić information content (AvgIpc) is 2.81. The first-order valence-electron chi connectivity index (χ1n) is 9.58. The Balaban J connectivity index is 2.20. The number of amides is 3. The SMILES string of the molecule is CCCCn1c(=O)c(C(=N)N)c(O)n(CCCCN2C(=O)NC(=O)C2(C)C)c1=O. The summed E-state index contributed by atoms with van der Waals surface area (Å²) in [5, 5.41) is 20.2. The number of amidine groups is 1. The van der Waals surface area contributed by atoms with Crippen LogP contribution in [0.4, 0.5) is 4.79 Å². The van der Waals surface area contributed by atoms with Gasteiger partial charge in [-0.1, -0.05) is 13.3 Å². The Labute approximate surface area is 167 Å². The van der Waals surface area contributed by atoms with Gasteiger partial charge in [-0.3, -0.25) is 29.4 Å². The first kappa shape index (κ1) is 22.2. The van der Waals surface area contributed by atoms with Crippen molar-refractivity contribution in [3.8, 4) is 5.88 Å². The molecule has 1 aliphatic heterocycles. The fourth-order valence-corrected chi connectivity index (χ4v) is 3.25. The van der Waals surface area contributed by atoms with E-state index < -0.39 is 40.1 Å². The first-order valence-corrected chi connectivity index (χ1v) is 9.58. The molecule has 1 aliphatic rings. The standard InChI is InChI=1S/C18H28N6O5/c1-4-5-8-22-13(25)11(12(19)20)14(26)23(17(22)29)9-6-7-10-24-16(28)21-15(27)18(24,2)3/h26H,4-10H2,1-3H3,(H3,19,20)(H,21,27,28). The molecule has 0 aliphatic carbocycles. The lowest BCUT2D eigenvalue weighted by Gasteiger charge is -2.27. The molecule has 2 heterocycles. The Morgan fingerprint density at radius 2 is 1.66 bits per heavy atom. The lowest BCUT2D eigenvalue weighted by molar-refractivity contribution is -0.125. The van der Waals surface area contributed by atoms with Gasteiger partial charge >= 0.3 is 11.7 Å². The van der Waals surface area contributed by atoms with Crippen molar-refractivity contribution in [2.45, 2.75) is 65.1 Å². The van der Waals surface area contributed by atoms with Crippen LogP contribution in [0.3, 0.4) is 0 Å². The maximum atomic E-state index is 12.7. The van der Waals surface area contributed by atoms with Gasteiger partial charge < -0.3 is 15.7 Å². The molecule has 11 heteroatoms. The van der Waals surface area contributed by atoms with Gasteiger partial charge in [-0.25, -0.2) is 9.59 Å². The highest BCUT2D eigenvalue weighted by atomic mass is 16.3. The highest BCUT2D eigenvalue weighted by molar-refractivity contribution is 6.06. The molecule has 3 amide bonds. The Morgan fingerprint density at radius 1 is 1.07 bits per heavy atom. The van der Waals surface area contributed by atoms with Crippen molar-refractivity contribution in [3.05, 3.63) is 26.4 Å². The molecule has 1 fully saturated rings. The van der Waals surface area contributed by atoms with E-state index in [1.54, 1.807) is 13.8 Å². The number of rotatable bonds is 9. The lowest BCUT2D eigenvalue weighted by atomic mass is 10.0. The summed E-state index contributed by atoms with van der Waals surface area (Å²) in [6.07, 6.45) is 2.20. The van der Waals surface area contributed by atoms with Crippen molar-refractivity contribution in [1.29, 1.82) is 5.41 Å². The van der Waals surface area contributed by atoms with Gasteiger partial charge in [-0.15, -0.1) is 0 Å². The van der Waals surface area contributed by atoms with Gasteiger partial charge in [0.25, 0.3) is 11.5 Å². The predicted molar refractivity (Wildman–Crippen MR) is 106 cm³/mol. The summed E-state index contributed by atoms with van der Waals surface area (Å²) in [5.41, 5.74) is 2.64. The van der Waals surface area contributed by atoms with Crippen LogP contribution in [0, 0.1) is 5.41 Å². The second kappa shape index (κ2) is 8.50. The van der Waals surface area contributed by atoms with E-state index in [0.29, 0.717) is 19.3 Å². The highest BCUT2D eigenvalue weighted by Crippen LogP contribution is 2.21. The number of urea groups is 1. The molecule has 0 bridgehead atoms. The van der Waals surface area contributed by atoms with Crippen LogP contribution in [0.5, 0.6) is 5.88 Å². The Bertz CT molecular complexity index is 945. The van der Waals surface area contributed by atoms with E-state index in [2.05, 4.69) is 5.32 Å². The van der Waals surface area contributed by atoms with E-state index in [1.165, 1.54) is 4.90 Å². The number of imide groups is 1. The fraction of sp³-hybridized carbons (Fsp3) is 0.611. The summed E-state index contributed by atoms with van der Waals surface area (Å²) < 4.78 is 2.00. The van der Waals surface area contributed by atoms with E-state index in [0.717, 1.165) is 15.6 Å². The molecule has 11 nitrogen and oxygen atoms in total. The van der Waals surface area contributed by atoms with Gasteiger partial charge in [0.1, 0.15) is 16.9 Å². The maximum Gasteiger partial charge on any atom is 0.333 e. The minimum atomic E-state index is -0.953. The van der Waals surface area contributed by atoms with Crippen molar-refractivity contribution in [3.63, 3.8) is 0 Å². The van der Waals surface area contributed by atoms with Crippen molar-refractivity contribution in [1.82, 2.24) is 19.4 Å². The molecule has 0 radical (unpaired) electrons. The molecule has 29 heavy (non-hydrogen) atoms. The molecule has 0 spiro atoms. The van der Waals surface area contributed by atoms with E-state index in [4.69, 9.17) is 11.1 Å². The number of hydrogen-bond donors (Lipinski definition) is 4. The van der Waals surface area contributed by atoms with Crippen molar-refractivity contribution in [2.75, 3.05) is 6.54 Å². The summed E-state index contributed by atoms with van der Waals surface area (Å²) in [7, 11) is 0. The monoisotopic (exact) mass is 408 g/mol. The minimum Gasteiger partial charge on any atom is -0.494 e. The molecule has 2 rings (SSSR count). The van der Waals surface area contributed by atoms with Crippen LogP contribution >= 0.6 is 0 Å². The Morgan fingerprint density at radius 3 is 2.17 bits per heavy atom. The number of aromatic hydroxyl groups is 1. The fourth-order valence-electron chi connectivity index (χ4n) is 3.25. The maximum absolute atomic E-state index is 12.7. The average molecular weight is 408 g/mol. The lowest BCUT2D eigenvalue weighted by Crippen LogP contribution is -2.45. The van der Waals surface area contributed by atoms with Gasteiger partial charge in [0.2, 0.25) is 5.88 Å². The van der Waals surface area contributed by atoms with E-state index in [1.807, 2.05) is 6.92 Å². The summed E-state index contributed by atoms with van der Waals surface area (Å²) >= 11 is 0. The summed E-state index contributed by atoms with van der Waals surface area (Å²) in [4.78, 5) is 50.2. The molecule has 0 unspecified atom stereocenters. The molecular formula is C18H28N6O5. The van der Waals surface area contributed by atoms with E-state index in [9.17, 15) is 24.3 Å². The largest absolute Gasteiger partial charge is 0.494 e. The second-order valence-corrected chi connectivity index (χ2v) is 7.53. The Hall–Kier alpha value is -3.11. The summed E-state index contributed by atoms with van der Waals surface area (Å²) in [5.74, 6) is -1.61. The van der Waals surface area contributed by atoms with Crippen LogP contribution in [0.2, 0.25) is 0 Å². The number of nitrogens with two attached hydrogens (primary N) is 1. The number of nitrogen functional groups attached to an aromatic ring is 1. The summed E-state index contributed by atoms with van der Waals surface area (Å²) in [6.45, 7) is 5.73. The van der Waals surface area contributed by atoms with E-state index >= 15 is 0 Å². The highest BCUT2D eigenvalue weighted by Gasteiger charge is 2.44. The van der Waals surface area contributed by atoms with Crippen LogP contribution in [0.1, 0.15) is 52.0 Å². The normalized spacial score (nSPS) is 15.6. The molecule has 1 saturated heterocycles. The van der Waals surface area contributed by atoms with Crippen LogP contribution in [-0.4, -0.2) is 49.0 Å². The summed E-state index contributed by atoms with van der Waals surface area (Å²) in [6, 6.07) is -0.466. The van der Waals surface area contributed by atoms with Gasteiger partial charge in [-0.2, -0.15) is 0 Å². The van der Waals surface area contributed by atoms with Gasteiger partial charge in [0.15, 0.2) is 0 Å². The number of aromatic nitrogens is 2. The van der Waals surface area contributed by atoms with Crippen LogP contribution < -0.4 is 22.3 Å². The quantitative estimate of drug-likeness (QED) is 0.193. The number of unbranched alkanes of at least 4 members (excludes halogenated alkanes) is 2. The Kier molecular flexibility index (Phi) is 6.50. The molecular weight excluding hydrogens is 380 g/mol. The van der Waals surface area contributed by atoms with Crippen LogP contribution in [-0.2, 0) is 17.9 Å². The third-order valence-electron chi connectivity index (χ3n) is 5.11. The van der Waals surface area contributed by atoms with E-state index in [-0.39, 0.29) is 25.5 Å². The molecule has 0 aromatic carbocycles. The number of hydrogen-bond acceptors (Lipinski definition) is 6. The van der Waals surface area contributed by atoms with Crippen molar-refractivity contribution >= 4 is 17.8 Å². The minimum absolute atomic E-state index is 0.0706. The van der Waals surface area contributed by atoms with Crippen LogP contribution in [0.15, 0.2) is 9.59 Å². The third kappa shape index (κ3) is 4.17. The smallest absolute Gasteiger partial charge is 0.333 e. The number of nitrogens with zero attached hydrogens (tertiary/aromatic N) is 3.